The van der Waals surface area contributed by atoms with Gasteiger partial charge in [0, 0.05) is 87.9 Å². The zero-order valence-electron chi connectivity index (χ0n) is 53.6. The van der Waals surface area contributed by atoms with Crippen molar-refractivity contribution in [3.05, 3.63) is 216 Å². The highest BCUT2D eigenvalue weighted by molar-refractivity contribution is 8.27. The second kappa shape index (κ2) is 30.8. The van der Waals surface area contributed by atoms with Gasteiger partial charge in [-0.25, -0.2) is 29.3 Å². The normalized spacial score (nSPS) is 15.1. The molecular formula is C66H65N15O10S8. The van der Waals surface area contributed by atoms with Crippen LogP contribution < -0.4 is 22.6 Å². The van der Waals surface area contributed by atoms with E-state index in [1.165, 1.54) is 86.8 Å². The molecule has 3 aliphatic rings. The number of hydrogen-bond donors (Lipinski definition) is 2. The van der Waals surface area contributed by atoms with Crippen molar-refractivity contribution in [1.29, 1.82) is 0 Å². The Kier molecular flexibility index (Phi) is 23.0. The highest BCUT2D eigenvalue weighted by atomic mass is 32.2. The molecule has 0 bridgehead atoms. The fourth-order valence-corrected chi connectivity index (χ4v) is 14.9. The lowest BCUT2D eigenvalue weighted by Crippen LogP contribution is -2.37. The number of carbonyl (C=O) groups is 4. The van der Waals surface area contributed by atoms with Crippen molar-refractivity contribution in [2.75, 3.05) is 19.6 Å². The quantitative estimate of drug-likeness (QED) is 0.0489. The van der Waals surface area contributed by atoms with E-state index >= 15 is 0 Å². The molecule has 3 aromatic carbocycles. The number of ketones is 1. The standard InChI is InChI=1S/C22H21N5O4S2.C22H21N5O3S3.C21H19N5O3S3.CH4/c1-13(28)8-9-27-19(29)16(33-22(27)32)10-14-4-6-15(7-5-14)11-26-12-23-18-17(26)20(30)25(3)21(31)24(18)2;1-13(28)8-9-27-19(29)16(33-22(27)32)10-14-4-6-15(7-5-14)11-26-12-23-18-17(26)20(31)25(3)21(30)24(18)2;1-12(27)9-26-18(28)15(32-21(26)31)8-13-4-6-14(7-5-13)10-25-11-22-17-16(25)19(30)24(3)20(29)23(17)2;/h2*4-7,10,12,28H,1,8-9,11H2,2-3H3;4-8,11H,9-10H2,1-3H3;1H4/b2*16-10-;15-8-;. The van der Waals surface area contributed by atoms with Crippen molar-refractivity contribution in [3.8, 4) is 0 Å². The first-order valence-electron chi connectivity index (χ1n) is 29.6. The van der Waals surface area contributed by atoms with E-state index in [1.54, 1.807) is 77.0 Å². The Balaban J connectivity index is 0.000000173. The minimum absolute atomic E-state index is 0. The first-order valence-corrected chi connectivity index (χ1v) is 34.1. The summed E-state index contributed by atoms with van der Waals surface area (Å²) >= 11 is 30.4. The van der Waals surface area contributed by atoms with Gasteiger partial charge in [0.2, 0.25) is 0 Å². The largest absolute Gasteiger partial charge is 0.513 e. The molecule has 99 heavy (non-hydrogen) atoms. The molecule has 9 heterocycles. The lowest BCUT2D eigenvalue weighted by Gasteiger charge is -2.13. The third-order valence-corrected chi connectivity index (χ3v) is 20.9. The Labute approximate surface area is 604 Å². The number of hydrogen-bond acceptors (Lipinski definition) is 21. The Morgan fingerprint density at radius 1 is 0.455 bits per heavy atom. The second-order valence-corrected chi connectivity index (χ2v) is 28.5. The van der Waals surface area contributed by atoms with Gasteiger partial charge in [0.25, 0.3) is 23.3 Å². The van der Waals surface area contributed by atoms with Gasteiger partial charge in [0.05, 0.1) is 51.8 Å². The van der Waals surface area contributed by atoms with Gasteiger partial charge in [-0.2, -0.15) is 0 Å². The van der Waals surface area contributed by atoms with Crippen LogP contribution in [0.25, 0.3) is 51.7 Å². The first-order chi connectivity index (χ1) is 46.5. The minimum atomic E-state index is -0.422. The summed E-state index contributed by atoms with van der Waals surface area (Å²) in [7, 11) is 9.67. The van der Waals surface area contributed by atoms with E-state index in [0.29, 0.717) is 92.1 Å². The molecule has 25 nitrogen and oxygen atoms in total. The van der Waals surface area contributed by atoms with Crippen LogP contribution in [0.3, 0.4) is 0 Å². The molecule has 3 amide bonds. The predicted octanol–water partition coefficient (Wildman–Crippen LogP) is 8.94. The van der Waals surface area contributed by atoms with Crippen molar-refractivity contribution in [3.63, 3.8) is 0 Å². The molecule has 6 aromatic heterocycles. The van der Waals surface area contributed by atoms with Crippen molar-refractivity contribution < 1.29 is 29.4 Å². The van der Waals surface area contributed by atoms with E-state index in [1.807, 2.05) is 81.9 Å². The number of Topliss-reactive ketones (excluding diaryl/α,β-unsaturated/α-hetero) is 1. The fourth-order valence-electron chi connectivity index (χ4n) is 10.5. The molecule has 9 aromatic rings. The summed E-state index contributed by atoms with van der Waals surface area (Å²) < 4.78 is 16.0. The Morgan fingerprint density at radius 3 is 1.07 bits per heavy atom. The monoisotopic (exact) mass is 1480 g/mol. The van der Waals surface area contributed by atoms with Gasteiger partial charge < -0.3 is 23.9 Å². The molecule has 2 N–H and O–H groups in total. The lowest BCUT2D eigenvalue weighted by molar-refractivity contribution is -0.126. The number of aliphatic hydroxyl groups is 2. The van der Waals surface area contributed by atoms with Crippen LogP contribution in [0, 0.1) is 9.28 Å². The van der Waals surface area contributed by atoms with Gasteiger partial charge in [-0.05, 0) is 58.5 Å². The number of amides is 3. The number of carbonyl (C=O) groups excluding carboxylic acids is 4. The predicted molar refractivity (Wildman–Crippen MR) is 406 cm³/mol. The molecule has 0 aliphatic carbocycles. The summed E-state index contributed by atoms with van der Waals surface area (Å²) in [5.41, 5.74) is 7.51. The third-order valence-electron chi connectivity index (χ3n) is 15.8. The van der Waals surface area contributed by atoms with E-state index in [2.05, 4.69) is 28.1 Å². The summed E-state index contributed by atoms with van der Waals surface area (Å²) in [6.45, 7) is 10.4. The number of benzene rings is 3. The fraction of sp³-hybridized carbons (Fsp3) is 0.242. The average Bonchev–Trinajstić information content (AvgIpc) is 1.79. The second-order valence-electron chi connectivity index (χ2n) is 22.7. The molecule has 3 aliphatic heterocycles. The molecule has 33 heteroatoms. The highest BCUT2D eigenvalue weighted by Gasteiger charge is 2.34. The van der Waals surface area contributed by atoms with E-state index in [4.69, 9.17) is 61.1 Å². The molecule has 0 atom stereocenters. The van der Waals surface area contributed by atoms with Crippen LogP contribution in [-0.4, -0.2) is 137 Å². The number of aromatic nitrogens is 12. The van der Waals surface area contributed by atoms with Crippen LogP contribution in [-0.2, 0) is 81.1 Å². The van der Waals surface area contributed by atoms with Crippen LogP contribution in [0.5, 0.6) is 0 Å². The minimum Gasteiger partial charge on any atom is -0.513 e. The summed E-state index contributed by atoms with van der Waals surface area (Å²) in [5, 5.41) is 18.6. The molecule has 512 valence electrons. The maximum absolute atomic E-state index is 12.6. The third kappa shape index (κ3) is 15.7. The van der Waals surface area contributed by atoms with E-state index < -0.39 is 11.2 Å². The van der Waals surface area contributed by atoms with Gasteiger partial charge in [0.15, 0.2) is 22.5 Å². The van der Waals surface area contributed by atoms with Gasteiger partial charge >= 0.3 is 17.1 Å². The van der Waals surface area contributed by atoms with Crippen molar-refractivity contribution >= 4 is 185 Å². The van der Waals surface area contributed by atoms with Crippen LogP contribution in [0.2, 0.25) is 0 Å². The van der Waals surface area contributed by atoms with Crippen LogP contribution >= 0.6 is 96.4 Å². The van der Waals surface area contributed by atoms with Gasteiger partial charge in [0.1, 0.15) is 39.1 Å². The summed E-state index contributed by atoms with van der Waals surface area (Å²) in [6.07, 6.45) is 10.8. The Morgan fingerprint density at radius 2 is 0.747 bits per heavy atom. The van der Waals surface area contributed by atoms with Crippen molar-refractivity contribution in [2.24, 2.45) is 42.3 Å². The van der Waals surface area contributed by atoms with E-state index in [9.17, 15) is 48.6 Å². The van der Waals surface area contributed by atoms with E-state index in [0.717, 1.165) is 49.0 Å². The Hall–Kier alpha value is -9.35. The number of fused-ring (bicyclic) bond motifs is 3. The summed E-state index contributed by atoms with van der Waals surface area (Å²) in [6, 6.07) is 23.1. The van der Waals surface area contributed by atoms with Gasteiger partial charge in [-0.1, -0.05) is 190 Å². The molecule has 0 saturated carbocycles. The smallest absolute Gasteiger partial charge is 0.332 e. The van der Waals surface area contributed by atoms with Crippen molar-refractivity contribution in [2.45, 2.75) is 46.8 Å². The molecular weight excluding hydrogens is 1420 g/mol. The average molecular weight is 1480 g/mol. The molecule has 12 rings (SSSR count). The van der Waals surface area contributed by atoms with Gasteiger partial charge in [-0.15, -0.1) is 0 Å². The number of nitrogens with zero attached hydrogens (tertiary/aromatic N) is 15. The Bertz CT molecular complexity index is 5150. The van der Waals surface area contributed by atoms with Crippen LogP contribution in [0.1, 0.15) is 60.6 Å². The molecule has 0 unspecified atom stereocenters. The number of rotatable bonds is 17. The molecule has 3 saturated heterocycles. The number of aliphatic hydroxyl groups excluding tert-OH is 2. The lowest BCUT2D eigenvalue weighted by atomic mass is 10.1. The maximum atomic E-state index is 12.6. The topological polar surface area (TPSA) is 270 Å². The zero-order valence-corrected chi connectivity index (χ0v) is 60.1. The van der Waals surface area contributed by atoms with E-state index in [-0.39, 0.29) is 73.2 Å². The van der Waals surface area contributed by atoms with Crippen molar-refractivity contribution in [1.82, 2.24) is 70.8 Å². The molecule has 0 radical (unpaired) electrons. The SMILES string of the molecule is C.C=C(O)CCN1C(=O)/C(=C/c2ccc(Cn3cnc4c3c(=O)n(C)c(=O)n4C)cc2)SC1=S.C=C(O)CCN1C(=O)/C(=C/c2ccc(Cn3cnc4c3c(=S)n(C)c(=O)n4C)cc2)SC1=S.CC(=O)CN1C(=O)/C(=C/c2ccc(Cn3cnc4c3c(=S)n(C)c(=O)n4C)cc2)SC1=S. The summed E-state index contributed by atoms with van der Waals surface area (Å²) in [4.78, 5) is 117. The van der Waals surface area contributed by atoms with Crippen LogP contribution in [0.15, 0.2) is 150 Å². The number of thiocarbonyl (C=S) groups is 3. The maximum Gasteiger partial charge on any atom is 0.332 e. The number of aryl methyl sites for hydroxylation is 3. The highest BCUT2D eigenvalue weighted by Crippen LogP contribution is 2.35. The summed E-state index contributed by atoms with van der Waals surface area (Å²) in [5.74, 6) is -0.698. The number of thioether (sulfide) groups is 3. The van der Waals surface area contributed by atoms with Crippen LogP contribution in [0.4, 0.5) is 0 Å². The zero-order chi connectivity index (χ0) is 70.9. The van der Waals surface area contributed by atoms with Gasteiger partial charge in [-0.3, -0.25) is 66.1 Å². The molecule has 0 spiro atoms. The molecule has 3 fully saturated rings. The first kappa shape index (κ1) is 73.9. The number of imidazole rings is 3.